The van der Waals surface area contributed by atoms with Gasteiger partial charge in [-0.25, -0.2) is 9.18 Å². The second kappa shape index (κ2) is 3.52. The largest absolute Gasteiger partial charge is 0.493 e. The average Bonchev–Trinajstić information content (AvgIpc) is 2.56. The standard InChI is InChI=1S/C11H10FNO3/c1-13-5-6(11(14)15)9-8(13)4-3-7(12)10(9)16-2/h3-5H,1-2H3,(H,14,15). The summed E-state index contributed by atoms with van der Waals surface area (Å²) in [7, 11) is 3.02. The monoisotopic (exact) mass is 223 g/mol. The van der Waals surface area contributed by atoms with Crippen LogP contribution in [0.4, 0.5) is 4.39 Å². The van der Waals surface area contributed by atoms with Crippen molar-refractivity contribution in [3.8, 4) is 5.75 Å². The van der Waals surface area contributed by atoms with Crippen LogP contribution >= 0.6 is 0 Å². The Morgan fingerprint density at radius 1 is 1.50 bits per heavy atom. The van der Waals surface area contributed by atoms with Crippen LogP contribution in [0.15, 0.2) is 18.3 Å². The molecule has 1 aromatic carbocycles. The minimum atomic E-state index is -1.10. The highest BCUT2D eigenvalue weighted by Gasteiger charge is 2.19. The number of halogens is 1. The van der Waals surface area contributed by atoms with Crippen LogP contribution in [0.1, 0.15) is 10.4 Å². The van der Waals surface area contributed by atoms with Crippen LogP contribution in [0.25, 0.3) is 10.9 Å². The molecular formula is C11H10FNO3. The van der Waals surface area contributed by atoms with Crippen LogP contribution in [-0.4, -0.2) is 22.8 Å². The lowest BCUT2D eigenvalue weighted by Crippen LogP contribution is -1.96. The normalized spacial score (nSPS) is 10.7. The van der Waals surface area contributed by atoms with Crippen molar-refractivity contribution < 1.29 is 19.0 Å². The number of hydrogen-bond acceptors (Lipinski definition) is 2. The second-order valence-corrected chi connectivity index (χ2v) is 3.43. The van der Waals surface area contributed by atoms with Gasteiger partial charge in [0.2, 0.25) is 0 Å². The number of nitrogens with zero attached hydrogens (tertiary/aromatic N) is 1. The van der Waals surface area contributed by atoms with Gasteiger partial charge in [0.05, 0.1) is 23.6 Å². The third-order valence-corrected chi connectivity index (χ3v) is 2.49. The van der Waals surface area contributed by atoms with E-state index in [-0.39, 0.29) is 16.7 Å². The van der Waals surface area contributed by atoms with E-state index in [0.717, 1.165) is 0 Å². The molecule has 0 unspecified atom stereocenters. The molecule has 2 aromatic rings. The van der Waals surface area contributed by atoms with Crippen LogP contribution in [-0.2, 0) is 7.05 Å². The molecule has 0 saturated carbocycles. The van der Waals surface area contributed by atoms with E-state index in [1.54, 1.807) is 11.6 Å². The zero-order valence-electron chi connectivity index (χ0n) is 8.82. The minimum absolute atomic E-state index is 0.0319. The molecule has 0 amide bonds. The van der Waals surface area contributed by atoms with Crippen molar-refractivity contribution in [3.63, 3.8) is 0 Å². The summed E-state index contributed by atoms with van der Waals surface area (Å²) in [5, 5.41) is 9.31. The molecule has 0 bridgehead atoms. The van der Waals surface area contributed by atoms with Gasteiger partial charge in [0.25, 0.3) is 0 Å². The third-order valence-electron chi connectivity index (χ3n) is 2.49. The number of aromatic carboxylic acids is 1. The Hall–Kier alpha value is -2.04. The highest BCUT2D eigenvalue weighted by molar-refractivity contribution is 6.06. The topological polar surface area (TPSA) is 51.5 Å². The van der Waals surface area contributed by atoms with E-state index in [1.165, 1.54) is 25.4 Å². The highest BCUT2D eigenvalue weighted by Crippen LogP contribution is 2.32. The van der Waals surface area contributed by atoms with E-state index in [4.69, 9.17) is 9.84 Å². The molecule has 0 fully saturated rings. The van der Waals surface area contributed by atoms with Crippen LogP contribution in [0.3, 0.4) is 0 Å². The maximum Gasteiger partial charge on any atom is 0.338 e. The Morgan fingerprint density at radius 3 is 2.75 bits per heavy atom. The number of aromatic nitrogens is 1. The van der Waals surface area contributed by atoms with Gasteiger partial charge < -0.3 is 14.4 Å². The van der Waals surface area contributed by atoms with Gasteiger partial charge in [-0.15, -0.1) is 0 Å². The smallest absolute Gasteiger partial charge is 0.338 e. The number of ether oxygens (including phenoxy) is 1. The quantitative estimate of drug-likeness (QED) is 0.847. The summed E-state index contributed by atoms with van der Waals surface area (Å²) in [6.07, 6.45) is 1.44. The summed E-state index contributed by atoms with van der Waals surface area (Å²) >= 11 is 0. The van der Waals surface area contributed by atoms with Crippen LogP contribution in [0.5, 0.6) is 5.75 Å². The molecular weight excluding hydrogens is 213 g/mol. The molecule has 0 aliphatic carbocycles. The number of benzene rings is 1. The van der Waals surface area contributed by atoms with Crippen molar-refractivity contribution in [2.45, 2.75) is 0 Å². The number of carboxylic acids is 1. The van der Waals surface area contributed by atoms with E-state index in [0.29, 0.717) is 5.52 Å². The van der Waals surface area contributed by atoms with E-state index >= 15 is 0 Å². The average molecular weight is 223 g/mol. The molecule has 2 rings (SSSR count). The molecule has 0 radical (unpaired) electrons. The summed E-state index contributed by atoms with van der Waals surface area (Å²) in [6.45, 7) is 0. The van der Waals surface area contributed by atoms with E-state index in [1.807, 2.05) is 0 Å². The number of aryl methyl sites for hydroxylation is 1. The van der Waals surface area contributed by atoms with Crippen molar-refractivity contribution in [2.75, 3.05) is 7.11 Å². The Bertz CT molecular complexity index is 574. The lowest BCUT2D eigenvalue weighted by atomic mass is 10.1. The highest BCUT2D eigenvalue weighted by atomic mass is 19.1. The number of methoxy groups -OCH3 is 1. The number of carboxylic acid groups (broad SMARTS) is 1. The van der Waals surface area contributed by atoms with Gasteiger partial charge in [-0.2, -0.15) is 0 Å². The van der Waals surface area contributed by atoms with Crippen molar-refractivity contribution in [1.82, 2.24) is 4.57 Å². The summed E-state index contributed by atoms with van der Waals surface area (Å²) < 4.78 is 20.0. The number of fused-ring (bicyclic) bond motifs is 1. The first-order chi connectivity index (χ1) is 7.56. The third kappa shape index (κ3) is 1.32. The van der Waals surface area contributed by atoms with Crippen molar-refractivity contribution >= 4 is 16.9 Å². The van der Waals surface area contributed by atoms with E-state index in [2.05, 4.69) is 0 Å². The summed E-state index contributed by atoms with van der Waals surface area (Å²) in [6, 6.07) is 2.78. The van der Waals surface area contributed by atoms with Gasteiger partial charge in [0, 0.05) is 13.2 Å². The second-order valence-electron chi connectivity index (χ2n) is 3.43. The van der Waals surface area contributed by atoms with Gasteiger partial charge in [0.15, 0.2) is 11.6 Å². The van der Waals surface area contributed by atoms with Gasteiger partial charge >= 0.3 is 5.97 Å². The Balaban J connectivity index is 2.93. The first kappa shape index (κ1) is 10.5. The molecule has 1 heterocycles. The first-order valence-corrected chi connectivity index (χ1v) is 4.61. The maximum atomic E-state index is 13.4. The molecule has 16 heavy (non-hydrogen) atoms. The van der Waals surface area contributed by atoms with Crippen LogP contribution < -0.4 is 4.74 Å². The predicted octanol–water partition coefficient (Wildman–Crippen LogP) is 2.02. The van der Waals surface area contributed by atoms with Crippen LogP contribution in [0, 0.1) is 5.82 Å². The fraction of sp³-hybridized carbons (Fsp3) is 0.182. The SMILES string of the molecule is COc1c(F)ccc2c1c(C(=O)O)cn2C. The molecule has 0 atom stereocenters. The van der Waals surface area contributed by atoms with Gasteiger partial charge in [-0.1, -0.05) is 0 Å². The Kier molecular flexibility index (Phi) is 2.30. The molecule has 0 spiro atoms. The Morgan fingerprint density at radius 2 is 2.19 bits per heavy atom. The number of carbonyl (C=O) groups is 1. The molecule has 0 aliphatic rings. The molecule has 0 saturated heterocycles. The van der Waals surface area contributed by atoms with E-state index in [9.17, 15) is 9.18 Å². The van der Waals surface area contributed by atoms with Crippen LogP contribution in [0.2, 0.25) is 0 Å². The fourth-order valence-corrected chi connectivity index (χ4v) is 1.79. The van der Waals surface area contributed by atoms with Gasteiger partial charge in [0.1, 0.15) is 0 Å². The van der Waals surface area contributed by atoms with Gasteiger partial charge in [-0.3, -0.25) is 0 Å². The minimum Gasteiger partial charge on any atom is -0.493 e. The van der Waals surface area contributed by atoms with Crippen molar-refractivity contribution in [3.05, 3.63) is 29.7 Å². The molecule has 0 aliphatic heterocycles. The lowest BCUT2D eigenvalue weighted by Gasteiger charge is -2.04. The Labute approximate surface area is 90.9 Å². The summed E-state index contributed by atoms with van der Waals surface area (Å²) in [5.74, 6) is -1.70. The molecule has 84 valence electrons. The molecule has 4 nitrogen and oxygen atoms in total. The maximum absolute atomic E-state index is 13.4. The number of hydrogen-bond donors (Lipinski definition) is 1. The molecule has 1 aromatic heterocycles. The summed E-state index contributed by atoms with van der Waals surface area (Å²) in [4.78, 5) is 11.0. The lowest BCUT2D eigenvalue weighted by molar-refractivity contribution is 0.0698. The van der Waals surface area contributed by atoms with E-state index < -0.39 is 11.8 Å². The zero-order chi connectivity index (χ0) is 11.9. The predicted molar refractivity (Wildman–Crippen MR) is 56.4 cm³/mol. The van der Waals surface area contributed by atoms with Gasteiger partial charge in [-0.05, 0) is 12.1 Å². The molecule has 5 heteroatoms. The fourth-order valence-electron chi connectivity index (χ4n) is 1.79. The summed E-state index contributed by atoms with van der Waals surface area (Å²) in [5.41, 5.74) is 0.657. The number of rotatable bonds is 2. The first-order valence-electron chi connectivity index (χ1n) is 4.61. The molecule has 1 N–H and O–H groups in total. The van der Waals surface area contributed by atoms with Crippen molar-refractivity contribution in [1.29, 1.82) is 0 Å². The van der Waals surface area contributed by atoms with Crippen molar-refractivity contribution in [2.24, 2.45) is 7.05 Å². The zero-order valence-corrected chi connectivity index (χ0v) is 8.82.